The Bertz CT molecular complexity index is 819. The highest BCUT2D eigenvalue weighted by atomic mass is 16.1. The first-order chi connectivity index (χ1) is 11.7. The number of benzene rings is 1. The first-order valence-corrected chi connectivity index (χ1v) is 7.99. The summed E-state index contributed by atoms with van der Waals surface area (Å²) in [5.41, 5.74) is 3.86. The molecule has 0 aliphatic rings. The number of carbonyl (C=O) groups excluding carboxylic acids is 1. The van der Waals surface area contributed by atoms with E-state index in [-0.39, 0.29) is 5.91 Å². The molecule has 2 aromatic heterocycles. The second-order valence-electron chi connectivity index (χ2n) is 5.69. The minimum atomic E-state index is -0.189. The zero-order valence-corrected chi connectivity index (χ0v) is 13.9. The summed E-state index contributed by atoms with van der Waals surface area (Å²) in [5, 5.41) is 7.19. The van der Waals surface area contributed by atoms with Crippen LogP contribution in [-0.4, -0.2) is 20.7 Å². The van der Waals surface area contributed by atoms with Gasteiger partial charge in [-0.15, -0.1) is 0 Å². The maximum Gasteiger partial charge on any atom is 0.258 e. The molecule has 0 aliphatic heterocycles. The first kappa shape index (κ1) is 15.9. The van der Waals surface area contributed by atoms with Crippen molar-refractivity contribution >= 4 is 11.7 Å². The molecule has 0 radical (unpaired) electrons. The lowest BCUT2D eigenvalue weighted by Crippen LogP contribution is -2.16. The van der Waals surface area contributed by atoms with Crippen molar-refractivity contribution in [3.63, 3.8) is 0 Å². The van der Waals surface area contributed by atoms with E-state index in [1.807, 2.05) is 13.0 Å². The van der Waals surface area contributed by atoms with Crippen LogP contribution < -0.4 is 5.32 Å². The van der Waals surface area contributed by atoms with Gasteiger partial charge in [0.15, 0.2) is 0 Å². The SMILES string of the molecule is CCc1ccc(Cn2nccc2NC(=O)c2ccc(C)nc2)cc1. The predicted molar refractivity (Wildman–Crippen MR) is 94.1 cm³/mol. The molecule has 0 atom stereocenters. The number of nitrogens with zero attached hydrogens (tertiary/aromatic N) is 3. The number of hydrogen-bond acceptors (Lipinski definition) is 3. The van der Waals surface area contributed by atoms with Crippen molar-refractivity contribution in [3.05, 3.63) is 77.2 Å². The molecule has 3 aromatic rings. The Balaban J connectivity index is 1.72. The second-order valence-corrected chi connectivity index (χ2v) is 5.69. The van der Waals surface area contributed by atoms with Gasteiger partial charge in [-0.3, -0.25) is 9.78 Å². The van der Waals surface area contributed by atoms with Crippen LogP contribution in [0.15, 0.2) is 54.9 Å². The zero-order chi connectivity index (χ0) is 16.9. The highest BCUT2D eigenvalue weighted by molar-refractivity contribution is 6.03. The molecule has 0 aliphatic carbocycles. The topological polar surface area (TPSA) is 59.8 Å². The Morgan fingerprint density at radius 2 is 1.83 bits per heavy atom. The smallest absolute Gasteiger partial charge is 0.258 e. The molecule has 2 heterocycles. The highest BCUT2D eigenvalue weighted by Crippen LogP contribution is 2.13. The fourth-order valence-electron chi connectivity index (χ4n) is 2.41. The van der Waals surface area contributed by atoms with Crippen LogP contribution in [0, 0.1) is 6.92 Å². The van der Waals surface area contributed by atoms with Crippen LogP contribution in [0.4, 0.5) is 5.82 Å². The maximum absolute atomic E-state index is 12.3. The van der Waals surface area contributed by atoms with Gasteiger partial charge < -0.3 is 5.32 Å². The monoisotopic (exact) mass is 320 g/mol. The predicted octanol–water partition coefficient (Wildman–Crippen LogP) is 3.45. The van der Waals surface area contributed by atoms with Gasteiger partial charge in [-0.25, -0.2) is 4.68 Å². The van der Waals surface area contributed by atoms with E-state index in [4.69, 9.17) is 0 Å². The van der Waals surface area contributed by atoms with Crippen LogP contribution in [0.5, 0.6) is 0 Å². The molecule has 0 fully saturated rings. The van der Waals surface area contributed by atoms with Crippen molar-refractivity contribution in [2.75, 3.05) is 5.32 Å². The lowest BCUT2D eigenvalue weighted by molar-refractivity contribution is 0.102. The molecule has 1 N–H and O–H groups in total. The molecule has 3 rings (SSSR count). The third-order valence-corrected chi connectivity index (χ3v) is 3.90. The van der Waals surface area contributed by atoms with Gasteiger partial charge in [0.25, 0.3) is 5.91 Å². The van der Waals surface area contributed by atoms with Gasteiger partial charge in [0.1, 0.15) is 5.82 Å². The average Bonchev–Trinajstić information content (AvgIpc) is 3.03. The second kappa shape index (κ2) is 7.08. The quantitative estimate of drug-likeness (QED) is 0.783. The number of nitrogens with one attached hydrogen (secondary N) is 1. The fraction of sp³-hybridized carbons (Fsp3) is 0.211. The van der Waals surface area contributed by atoms with E-state index in [1.54, 1.807) is 29.2 Å². The summed E-state index contributed by atoms with van der Waals surface area (Å²) in [6, 6.07) is 13.8. The van der Waals surface area contributed by atoms with Crippen molar-refractivity contribution < 1.29 is 4.79 Å². The summed E-state index contributed by atoms with van der Waals surface area (Å²) in [7, 11) is 0. The van der Waals surface area contributed by atoms with Crippen LogP contribution in [0.25, 0.3) is 0 Å². The van der Waals surface area contributed by atoms with Gasteiger partial charge in [-0.2, -0.15) is 5.10 Å². The van der Waals surface area contributed by atoms with Gasteiger partial charge >= 0.3 is 0 Å². The van der Waals surface area contributed by atoms with Gasteiger partial charge in [-0.05, 0) is 36.6 Å². The molecule has 122 valence electrons. The average molecular weight is 320 g/mol. The maximum atomic E-state index is 12.3. The van der Waals surface area contributed by atoms with Crippen molar-refractivity contribution in [1.29, 1.82) is 0 Å². The molecule has 0 unspecified atom stereocenters. The number of amides is 1. The van der Waals surface area contributed by atoms with E-state index in [1.165, 1.54) is 5.56 Å². The van der Waals surface area contributed by atoms with Crippen molar-refractivity contribution in [2.24, 2.45) is 0 Å². The Morgan fingerprint density at radius 3 is 2.50 bits per heavy atom. The van der Waals surface area contributed by atoms with E-state index >= 15 is 0 Å². The van der Waals surface area contributed by atoms with E-state index < -0.39 is 0 Å². The van der Waals surface area contributed by atoms with Crippen LogP contribution in [-0.2, 0) is 13.0 Å². The molecular formula is C19H20N4O. The Morgan fingerprint density at radius 1 is 1.08 bits per heavy atom. The van der Waals surface area contributed by atoms with Crippen LogP contribution in [0.2, 0.25) is 0 Å². The Labute approximate surface area is 141 Å². The summed E-state index contributed by atoms with van der Waals surface area (Å²) >= 11 is 0. The van der Waals surface area contributed by atoms with E-state index in [9.17, 15) is 4.79 Å². The van der Waals surface area contributed by atoms with E-state index in [2.05, 4.69) is 46.6 Å². The van der Waals surface area contributed by atoms with Gasteiger partial charge in [0.2, 0.25) is 0 Å². The van der Waals surface area contributed by atoms with Crippen molar-refractivity contribution in [2.45, 2.75) is 26.8 Å². The third kappa shape index (κ3) is 3.68. The van der Waals surface area contributed by atoms with Crippen molar-refractivity contribution in [3.8, 4) is 0 Å². The number of aryl methyl sites for hydroxylation is 2. The molecule has 5 nitrogen and oxygen atoms in total. The summed E-state index contributed by atoms with van der Waals surface area (Å²) in [6.45, 7) is 4.63. The van der Waals surface area contributed by atoms with Crippen LogP contribution >= 0.6 is 0 Å². The molecule has 1 amide bonds. The van der Waals surface area contributed by atoms with Gasteiger partial charge in [0, 0.05) is 18.0 Å². The van der Waals surface area contributed by atoms with Crippen molar-refractivity contribution in [1.82, 2.24) is 14.8 Å². The van der Waals surface area contributed by atoms with Crippen LogP contribution in [0.3, 0.4) is 0 Å². The lowest BCUT2D eigenvalue weighted by Gasteiger charge is -2.09. The Hall–Kier alpha value is -2.95. The number of carbonyl (C=O) groups is 1. The highest BCUT2D eigenvalue weighted by Gasteiger charge is 2.10. The minimum Gasteiger partial charge on any atom is -0.307 e. The van der Waals surface area contributed by atoms with E-state index in [0.717, 1.165) is 17.7 Å². The summed E-state index contributed by atoms with van der Waals surface area (Å²) in [5.74, 6) is 0.478. The molecule has 0 saturated carbocycles. The molecule has 0 spiro atoms. The molecular weight excluding hydrogens is 300 g/mol. The fourth-order valence-corrected chi connectivity index (χ4v) is 2.41. The normalized spacial score (nSPS) is 10.6. The number of anilines is 1. The molecule has 0 bridgehead atoms. The number of pyridine rings is 1. The molecule has 1 aromatic carbocycles. The Kier molecular flexibility index (Phi) is 4.70. The summed E-state index contributed by atoms with van der Waals surface area (Å²) in [4.78, 5) is 16.5. The third-order valence-electron chi connectivity index (χ3n) is 3.90. The summed E-state index contributed by atoms with van der Waals surface area (Å²) in [6.07, 6.45) is 4.28. The summed E-state index contributed by atoms with van der Waals surface area (Å²) < 4.78 is 1.78. The molecule has 24 heavy (non-hydrogen) atoms. The van der Waals surface area contributed by atoms with Gasteiger partial charge in [-0.1, -0.05) is 31.2 Å². The molecule has 0 saturated heterocycles. The number of rotatable bonds is 5. The van der Waals surface area contributed by atoms with Gasteiger partial charge in [0.05, 0.1) is 18.3 Å². The lowest BCUT2D eigenvalue weighted by atomic mass is 10.1. The largest absolute Gasteiger partial charge is 0.307 e. The van der Waals surface area contributed by atoms with Crippen LogP contribution in [0.1, 0.15) is 34.1 Å². The standard InChI is InChI=1S/C19H20N4O/c1-3-15-5-7-16(8-6-15)13-23-18(10-11-21-23)22-19(24)17-9-4-14(2)20-12-17/h4-12H,3,13H2,1-2H3,(H,22,24). The number of hydrogen-bond donors (Lipinski definition) is 1. The minimum absolute atomic E-state index is 0.189. The zero-order valence-electron chi connectivity index (χ0n) is 13.9. The molecule has 5 heteroatoms. The first-order valence-electron chi connectivity index (χ1n) is 7.99. The number of aromatic nitrogens is 3. The van der Waals surface area contributed by atoms with E-state index in [0.29, 0.717) is 17.9 Å².